The summed E-state index contributed by atoms with van der Waals surface area (Å²) in [7, 11) is 0. The molecule has 0 radical (unpaired) electrons. The third kappa shape index (κ3) is 4.08. The monoisotopic (exact) mass is 331 g/mol. The lowest BCUT2D eigenvalue weighted by atomic mass is 9.89. The maximum absolute atomic E-state index is 12.5. The maximum atomic E-state index is 12.5. The van der Waals surface area contributed by atoms with Gasteiger partial charge < -0.3 is 20.3 Å². The number of carbonyl (C=O) groups excluding carboxylic acids is 1. The summed E-state index contributed by atoms with van der Waals surface area (Å²) in [5.41, 5.74) is 4.15. The second-order valence-corrected chi connectivity index (χ2v) is 7.05. The van der Waals surface area contributed by atoms with E-state index >= 15 is 0 Å². The Hall–Kier alpha value is -1.59. The van der Waals surface area contributed by atoms with Crippen molar-refractivity contribution in [3.8, 4) is 0 Å². The molecular weight excluding hydrogens is 302 g/mol. The van der Waals surface area contributed by atoms with E-state index in [1.54, 1.807) is 0 Å². The maximum Gasteiger partial charge on any atom is 0.317 e. The van der Waals surface area contributed by atoms with Crippen molar-refractivity contribution in [3.63, 3.8) is 0 Å². The Bertz CT molecular complexity index is 566. The minimum absolute atomic E-state index is 0.0171. The second kappa shape index (κ2) is 7.99. The topological polar surface area (TPSA) is 53.6 Å². The van der Waals surface area contributed by atoms with Gasteiger partial charge in [-0.3, -0.25) is 0 Å². The van der Waals surface area contributed by atoms with Crippen LogP contribution < -0.4 is 10.6 Å². The molecule has 132 valence electrons. The molecule has 0 bridgehead atoms. The molecule has 2 amide bonds. The van der Waals surface area contributed by atoms with Gasteiger partial charge in [0.15, 0.2) is 0 Å². The number of nitrogens with one attached hydrogen (secondary N) is 2. The molecule has 1 atom stereocenters. The first kappa shape index (κ1) is 17.2. The van der Waals surface area contributed by atoms with Crippen LogP contribution in [0.3, 0.4) is 0 Å². The number of urea groups is 1. The first-order valence-corrected chi connectivity index (χ1v) is 9.11. The summed E-state index contributed by atoms with van der Waals surface area (Å²) >= 11 is 0. The summed E-state index contributed by atoms with van der Waals surface area (Å²) in [6.07, 6.45) is 2.05. The number of amides is 2. The molecule has 5 nitrogen and oxygen atoms in total. The summed E-state index contributed by atoms with van der Waals surface area (Å²) in [5, 5.41) is 6.38. The summed E-state index contributed by atoms with van der Waals surface area (Å²) in [4.78, 5) is 14.4. The van der Waals surface area contributed by atoms with Crippen LogP contribution in [0.25, 0.3) is 0 Å². The quantitative estimate of drug-likeness (QED) is 0.893. The van der Waals surface area contributed by atoms with Crippen LogP contribution in [0.2, 0.25) is 0 Å². The van der Waals surface area contributed by atoms with Crippen molar-refractivity contribution in [2.24, 2.45) is 0 Å². The van der Waals surface area contributed by atoms with Gasteiger partial charge in [0.25, 0.3) is 0 Å². The molecule has 1 fully saturated rings. The van der Waals surface area contributed by atoms with E-state index in [0.717, 1.165) is 39.1 Å². The van der Waals surface area contributed by atoms with Gasteiger partial charge in [0.1, 0.15) is 0 Å². The van der Waals surface area contributed by atoms with E-state index < -0.39 is 0 Å². The first-order valence-electron chi connectivity index (χ1n) is 9.11. The summed E-state index contributed by atoms with van der Waals surface area (Å²) < 4.78 is 5.74. The van der Waals surface area contributed by atoms with Crippen LogP contribution in [0.4, 0.5) is 4.79 Å². The van der Waals surface area contributed by atoms with Crippen molar-refractivity contribution in [1.29, 1.82) is 0 Å². The van der Waals surface area contributed by atoms with E-state index in [0.29, 0.717) is 19.0 Å². The fraction of sp³-hybridized carbons (Fsp3) is 0.632. The lowest BCUT2D eigenvalue weighted by molar-refractivity contribution is 0.0670. The normalized spacial score (nSPS) is 21.3. The van der Waals surface area contributed by atoms with Crippen molar-refractivity contribution in [3.05, 3.63) is 34.9 Å². The number of hydrogen-bond donors (Lipinski definition) is 2. The number of ether oxygens (including phenoxy) is 1. The highest BCUT2D eigenvalue weighted by Crippen LogP contribution is 2.27. The number of hydrogen-bond acceptors (Lipinski definition) is 3. The van der Waals surface area contributed by atoms with E-state index in [1.807, 2.05) is 4.90 Å². The van der Waals surface area contributed by atoms with Gasteiger partial charge in [0, 0.05) is 32.8 Å². The van der Waals surface area contributed by atoms with Crippen LogP contribution in [0.15, 0.2) is 18.2 Å². The number of benzene rings is 1. The average Bonchev–Trinajstić information content (AvgIpc) is 2.87. The van der Waals surface area contributed by atoms with E-state index in [9.17, 15) is 4.79 Å². The Morgan fingerprint density at radius 1 is 1.46 bits per heavy atom. The van der Waals surface area contributed by atoms with Crippen molar-refractivity contribution in [2.75, 3.05) is 32.8 Å². The lowest BCUT2D eigenvalue weighted by Crippen LogP contribution is -2.46. The molecule has 1 saturated heterocycles. The third-order valence-corrected chi connectivity index (χ3v) is 4.92. The molecule has 1 aromatic carbocycles. The fourth-order valence-corrected chi connectivity index (χ4v) is 3.57. The molecule has 2 aliphatic heterocycles. The zero-order valence-corrected chi connectivity index (χ0v) is 14.8. The second-order valence-electron chi connectivity index (χ2n) is 7.05. The zero-order valence-electron chi connectivity index (χ0n) is 14.8. The van der Waals surface area contributed by atoms with Gasteiger partial charge in [-0.25, -0.2) is 4.79 Å². The summed E-state index contributed by atoms with van der Waals surface area (Å²) in [6, 6.07) is 6.50. The first-order chi connectivity index (χ1) is 11.6. The number of fused-ring (bicyclic) bond motifs is 1. The highest BCUT2D eigenvalue weighted by Gasteiger charge is 2.23. The molecule has 24 heavy (non-hydrogen) atoms. The standard InChI is InChI=1S/C19H29N3O2/c1-14(2)17-6-3-5-15-13-22(9-7-18(15)17)19(23)21-12-16-11-20-8-4-10-24-16/h3,5-6,14,16,20H,4,7-13H2,1-2H3,(H,21,23). The largest absolute Gasteiger partial charge is 0.375 e. The fourth-order valence-electron chi connectivity index (χ4n) is 3.57. The molecule has 0 saturated carbocycles. The highest BCUT2D eigenvalue weighted by molar-refractivity contribution is 5.74. The minimum atomic E-state index is 0.0171. The molecule has 0 aromatic heterocycles. The lowest BCUT2D eigenvalue weighted by Gasteiger charge is -2.31. The van der Waals surface area contributed by atoms with Crippen molar-refractivity contribution in [1.82, 2.24) is 15.5 Å². The average molecular weight is 331 g/mol. The third-order valence-electron chi connectivity index (χ3n) is 4.92. The Labute approximate surface area is 144 Å². The number of nitrogens with zero attached hydrogens (tertiary/aromatic N) is 1. The van der Waals surface area contributed by atoms with Crippen LogP contribution in [0.1, 0.15) is 42.9 Å². The molecule has 5 heteroatoms. The van der Waals surface area contributed by atoms with Gasteiger partial charge in [-0.2, -0.15) is 0 Å². The van der Waals surface area contributed by atoms with Gasteiger partial charge in [-0.05, 0) is 42.0 Å². The van der Waals surface area contributed by atoms with Crippen LogP contribution >= 0.6 is 0 Å². The van der Waals surface area contributed by atoms with E-state index in [2.05, 4.69) is 42.7 Å². The van der Waals surface area contributed by atoms with E-state index in [-0.39, 0.29) is 12.1 Å². The van der Waals surface area contributed by atoms with Crippen LogP contribution in [0.5, 0.6) is 0 Å². The number of carbonyl (C=O) groups is 1. The Morgan fingerprint density at radius 3 is 3.17 bits per heavy atom. The van der Waals surface area contributed by atoms with Crippen molar-refractivity contribution < 1.29 is 9.53 Å². The van der Waals surface area contributed by atoms with E-state index in [1.165, 1.54) is 16.7 Å². The molecule has 1 aromatic rings. The summed E-state index contributed by atoms with van der Waals surface area (Å²) in [5.74, 6) is 0.528. The van der Waals surface area contributed by atoms with Gasteiger partial charge in [0.05, 0.1) is 6.10 Å². The van der Waals surface area contributed by atoms with Crippen LogP contribution in [0, 0.1) is 0 Å². The molecule has 2 N–H and O–H groups in total. The Morgan fingerprint density at radius 2 is 2.33 bits per heavy atom. The smallest absolute Gasteiger partial charge is 0.317 e. The predicted molar refractivity (Wildman–Crippen MR) is 95.3 cm³/mol. The van der Waals surface area contributed by atoms with Gasteiger partial charge in [-0.1, -0.05) is 32.0 Å². The van der Waals surface area contributed by atoms with Gasteiger partial charge >= 0.3 is 6.03 Å². The molecule has 0 spiro atoms. The minimum Gasteiger partial charge on any atom is -0.375 e. The van der Waals surface area contributed by atoms with Gasteiger partial charge in [0.2, 0.25) is 0 Å². The molecule has 2 heterocycles. The molecule has 0 aliphatic carbocycles. The predicted octanol–water partition coefficient (Wildman–Crippen LogP) is 2.26. The van der Waals surface area contributed by atoms with Crippen LogP contribution in [-0.2, 0) is 17.7 Å². The molecule has 2 aliphatic rings. The Balaban J connectivity index is 1.56. The summed E-state index contributed by atoms with van der Waals surface area (Å²) in [6.45, 7) is 9.08. The number of rotatable bonds is 3. The molecule has 3 rings (SSSR count). The highest BCUT2D eigenvalue weighted by atomic mass is 16.5. The van der Waals surface area contributed by atoms with Gasteiger partial charge in [-0.15, -0.1) is 0 Å². The SMILES string of the molecule is CC(C)c1cccc2c1CCN(C(=O)NCC1CNCCCO1)C2. The van der Waals surface area contributed by atoms with Crippen LogP contribution in [-0.4, -0.2) is 49.8 Å². The van der Waals surface area contributed by atoms with Crippen molar-refractivity contribution >= 4 is 6.03 Å². The van der Waals surface area contributed by atoms with E-state index in [4.69, 9.17) is 4.74 Å². The zero-order chi connectivity index (χ0) is 16.9. The molecular formula is C19H29N3O2. The molecule has 1 unspecified atom stereocenters. The van der Waals surface area contributed by atoms with Crippen molar-refractivity contribution in [2.45, 2.75) is 45.3 Å². The Kier molecular flexibility index (Phi) is 5.74.